The molecule has 1 aliphatic rings. The highest BCUT2D eigenvalue weighted by molar-refractivity contribution is 6.12. The zero-order valence-corrected chi connectivity index (χ0v) is 13.6. The van der Waals surface area contributed by atoms with Crippen molar-refractivity contribution in [3.05, 3.63) is 66.2 Å². The summed E-state index contributed by atoms with van der Waals surface area (Å²) in [5.41, 5.74) is 3.59. The first kappa shape index (κ1) is 16.0. The molecule has 0 unspecified atom stereocenters. The number of rotatable bonds is 6. The maximum Gasteiger partial charge on any atom is 0.256 e. The minimum Gasteiger partial charge on any atom is -0.473 e. The molecule has 1 heterocycles. The van der Waals surface area contributed by atoms with Gasteiger partial charge in [0.1, 0.15) is 5.75 Å². The van der Waals surface area contributed by atoms with Crippen molar-refractivity contribution in [2.45, 2.75) is 19.8 Å². The van der Waals surface area contributed by atoms with Crippen LogP contribution in [0.25, 0.3) is 11.1 Å². The van der Waals surface area contributed by atoms with E-state index in [2.05, 4.69) is 31.2 Å². The summed E-state index contributed by atoms with van der Waals surface area (Å²) < 4.78 is 5.52. The third kappa shape index (κ3) is 3.54. The molecule has 4 heteroatoms. The van der Waals surface area contributed by atoms with Crippen LogP contribution in [0.1, 0.15) is 18.9 Å². The van der Waals surface area contributed by atoms with E-state index in [1.807, 2.05) is 24.3 Å². The van der Waals surface area contributed by atoms with Crippen molar-refractivity contribution in [3.8, 4) is 16.9 Å². The van der Waals surface area contributed by atoms with E-state index in [-0.39, 0.29) is 18.5 Å². The van der Waals surface area contributed by atoms with Crippen LogP contribution in [0.3, 0.4) is 0 Å². The van der Waals surface area contributed by atoms with E-state index in [1.165, 1.54) is 17.7 Å². The lowest BCUT2D eigenvalue weighted by Gasteiger charge is -2.15. The van der Waals surface area contributed by atoms with Crippen molar-refractivity contribution in [2.75, 3.05) is 6.73 Å². The van der Waals surface area contributed by atoms with E-state index in [1.54, 1.807) is 0 Å². The monoisotopic (exact) mass is 321 g/mol. The number of benzene rings is 2. The van der Waals surface area contributed by atoms with E-state index in [4.69, 9.17) is 4.74 Å². The second-order valence-corrected chi connectivity index (χ2v) is 5.68. The molecule has 0 saturated carbocycles. The molecule has 0 N–H and O–H groups in total. The van der Waals surface area contributed by atoms with E-state index in [9.17, 15) is 9.59 Å². The first-order chi connectivity index (χ1) is 11.7. The number of hydrogen-bond acceptors (Lipinski definition) is 3. The molecule has 0 aromatic heterocycles. The van der Waals surface area contributed by atoms with Gasteiger partial charge in [-0.25, -0.2) is 4.90 Å². The summed E-state index contributed by atoms with van der Waals surface area (Å²) in [5.74, 6) is -0.0681. The van der Waals surface area contributed by atoms with Crippen molar-refractivity contribution < 1.29 is 14.3 Å². The minimum atomic E-state index is -0.344. The van der Waals surface area contributed by atoms with Crippen molar-refractivity contribution >= 4 is 11.8 Å². The molecule has 0 fully saturated rings. The predicted octanol–water partition coefficient (Wildman–Crippen LogP) is 3.57. The summed E-state index contributed by atoms with van der Waals surface area (Å²) >= 11 is 0. The number of imide groups is 1. The van der Waals surface area contributed by atoms with Gasteiger partial charge in [0, 0.05) is 12.2 Å². The summed E-state index contributed by atoms with van der Waals surface area (Å²) in [7, 11) is 0. The standard InChI is InChI=1S/C20H19NO3/c1-2-3-15-4-6-16(7-5-15)17-8-10-18(11-9-17)24-14-21-19(22)12-13-20(21)23/h4-13H,2-3,14H2,1H3. The molecule has 4 nitrogen and oxygen atoms in total. The maximum absolute atomic E-state index is 11.5. The van der Waals surface area contributed by atoms with Gasteiger partial charge in [-0.2, -0.15) is 0 Å². The SMILES string of the molecule is CCCc1ccc(-c2ccc(OCN3C(=O)C=CC3=O)cc2)cc1. The maximum atomic E-state index is 11.5. The quantitative estimate of drug-likeness (QED) is 0.764. The van der Waals surface area contributed by atoms with Gasteiger partial charge in [0.15, 0.2) is 6.73 Å². The Morgan fingerprint density at radius 1 is 0.833 bits per heavy atom. The first-order valence-corrected chi connectivity index (χ1v) is 8.03. The van der Waals surface area contributed by atoms with Crippen molar-refractivity contribution in [2.24, 2.45) is 0 Å². The first-order valence-electron chi connectivity index (χ1n) is 8.03. The van der Waals surface area contributed by atoms with Crippen LogP contribution in [-0.2, 0) is 16.0 Å². The number of nitrogens with zero attached hydrogens (tertiary/aromatic N) is 1. The fourth-order valence-electron chi connectivity index (χ4n) is 2.59. The molecule has 1 aliphatic heterocycles. The number of amides is 2. The smallest absolute Gasteiger partial charge is 0.256 e. The van der Waals surface area contributed by atoms with Gasteiger partial charge >= 0.3 is 0 Å². The molecule has 24 heavy (non-hydrogen) atoms. The zero-order chi connectivity index (χ0) is 16.9. The highest BCUT2D eigenvalue weighted by atomic mass is 16.5. The molecule has 2 aromatic rings. The molecule has 0 bridgehead atoms. The Morgan fingerprint density at radius 2 is 1.38 bits per heavy atom. The normalized spacial score (nSPS) is 13.6. The molecular weight excluding hydrogens is 302 g/mol. The molecule has 0 aliphatic carbocycles. The van der Waals surface area contributed by atoms with Crippen LogP contribution < -0.4 is 4.74 Å². The predicted molar refractivity (Wildman–Crippen MR) is 92.4 cm³/mol. The largest absolute Gasteiger partial charge is 0.473 e. The molecule has 122 valence electrons. The lowest BCUT2D eigenvalue weighted by Crippen LogP contribution is -2.33. The second kappa shape index (κ2) is 7.13. The number of carbonyl (C=O) groups is 2. The number of hydrogen-bond donors (Lipinski definition) is 0. The van der Waals surface area contributed by atoms with Gasteiger partial charge in [0.05, 0.1) is 0 Å². The fraction of sp³-hybridized carbons (Fsp3) is 0.200. The zero-order valence-electron chi connectivity index (χ0n) is 13.6. The average molecular weight is 321 g/mol. The highest BCUT2D eigenvalue weighted by Gasteiger charge is 2.23. The fourth-order valence-corrected chi connectivity index (χ4v) is 2.59. The highest BCUT2D eigenvalue weighted by Crippen LogP contribution is 2.23. The average Bonchev–Trinajstić information content (AvgIpc) is 2.93. The second-order valence-electron chi connectivity index (χ2n) is 5.68. The lowest BCUT2D eigenvalue weighted by atomic mass is 10.0. The van der Waals surface area contributed by atoms with Gasteiger partial charge < -0.3 is 4.74 Å². The number of aryl methyl sites for hydroxylation is 1. The van der Waals surface area contributed by atoms with Crippen LogP contribution in [0.5, 0.6) is 5.75 Å². The van der Waals surface area contributed by atoms with Gasteiger partial charge in [0.2, 0.25) is 0 Å². The molecule has 3 rings (SSSR count). The number of carbonyl (C=O) groups excluding carboxylic acids is 2. The summed E-state index contributed by atoms with van der Waals surface area (Å²) in [6, 6.07) is 16.2. The van der Waals surface area contributed by atoms with Crippen molar-refractivity contribution in [3.63, 3.8) is 0 Å². The van der Waals surface area contributed by atoms with Crippen LogP contribution in [0.15, 0.2) is 60.7 Å². The van der Waals surface area contributed by atoms with Crippen LogP contribution in [0, 0.1) is 0 Å². The third-order valence-corrected chi connectivity index (χ3v) is 3.94. The Labute approximate surface area is 141 Å². The van der Waals surface area contributed by atoms with Crippen LogP contribution in [0.2, 0.25) is 0 Å². The molecular formula is C20H19NO3. The van der Waals surface area contributed by atoms with E-state index >= 15 is 0 Å². The lowest BCUT2D eigenvalue weighted by molar-refractivity contribution is -0.140. The van der Waals surface area contributed by atoms with E-state index in [0.717, 1.165) is 28.9 Å². The molecule has 0 atom stereocenters. The van der Waals surface area contributed by atoms with Crippen LogP contribution in [-0.4, -0.2) is 23.4 Å². The molecule has 2 aromatic carbocycles. The van der Waals surface area contributed by atoms with Crippen LogP contribution in [0.4, 0.5) is 0 Å². The van der Waals surface area contributed by atoms with Gasteiger partial charge in [0.25, 0.3) is 11.8 Å². The Bertz CT molecular complexity index is 742. The van der Waals surface area contributed by atoms with Crippen LogP contribution >= 0.6 is 0 Å². The van der Waals surface area contributed by atoms with E-state index in [0.29, 0.717) is 5.75 Å². The van der Waals surface area contributed by atoms with Crippen molar-refractivity contribution in [1.82, 2.24) is 4.90 Å². The Morgan fingerprint density at radius 3 is 1.92 bits per heavy atom. The minimum absolute atomic E-state index is 0.0737. The Kier molecular flexibility index (Phi) is 4.75. The number of ether oxygens (including phenoxy) is 1. The summed E-state index contributed by atoms with van der Waals surface area (Å²) in [5, 5.41) is 0. The van der Waals surface area contributed by atoms with Gasteiger partial charge in [-0.3, -0.25) is 9.59 Å². The summed E-state index contributed by atoms with van der Waals surface area (Å²) in [6.45, 7) is 2.10. The molecule has 0 radical (unpaired) electrons. The van der Waals surface area contributed by atoms with Gasteiger partial charge in [-0.05, 0) is 35.2 Å². The molecule has 0 spiro atoms. The summed E-state index contributed by atoms with van der Waals surface area (Å²) in [4.78, 5) is 24.0. The third-order valence-electron chi connectivity index (χ3n) is 3.94. The Balaban J connectivity index is 1.63. The van der Waals surface area contributed by atoms with Gasteiger partial charge in [-0.15, -0.1) is 0 Å². The topological polar surface area (TPSA) is 46.6 Å². The van der Waals surface area contributed by atoms with Gasteiger partial charge in [-0.1, -0.05) is 49.7 Å². The summed E-state index contributed by atoms with van der Waals surface area (Å²) in [6.07, 6.45) is 4.73. The van der Waals surface area contributed by atoms with E-state index < -0.39 is 0 Å². The molecule has 2 amide bonds. The Hall–Kier alpha value is -2.88. The molecule has 0 saturated heterocycles. The van der Waals surface area contributed by atoms with Crippen molar-refractivity contribution in [1.29, 1.82) is 0 Å².